The predicted molar refractivity (Wildman–Crippen MR) is 121 cm³/mol. The maximum atomic E-state index is 12.9. The van der Waals surface area contributed by atoms with Crippen molar-refractivity contribution in [3.05, 3.63) is 81.9 Å². The van der Waals surface area contributed by atoms with E-state index in [1.807, 2.05) is 42.9 Å². The standard InChI is InChI=1S/C24H29ClFN3O2/c1-17-23(18(2)29(27-17)14-19-6-4-5-7-24(19)25)16-28(3)15-21(30)12-13-31-22-10-8-20(26)9-11-22/h4-11,21,30H,12-16H2,1-3H3. The molecule has 0 spiro atoms. The molecular formula is C24H29ClFN3O2. The molecule has 0 saturated carbocycles. The third kappa shape index (κ3) is 6.53. The number of aliphatic hydroxyl groups excluding tert-OH is 1. The first-order valence-corrected chi connectivity index (χ1v) is 10.7. The highest BCUT2D eigenvalue weighted by Crippen LogP contribution is 2.20. The molecule has 0 bridgehead atoms. The summed E-state index contributed by atoms with van der Waals surface area (Å²) >= 11 is 6.30. The molecule has 1 aromatic heterocycles. The average molecular weight is 446 g/mol. The van der Waals surface area contributed by atoms with Gasteiger partial charge in [-0.2, -0.15) is 5.10 Å². The van der Waals surface area contributed by atoms with E-state index in [-0.39, 0.29) is 5.82 Å². The van der Waals surface area contributed by atoms with Crippen molar-refractivity contribution < 1.29 is 14.2 Å². The van der Waals surface area contributed by atoms with Gasteiger partial charge >= 0.3 is 0 Å². The molecule has 166 valence electrons. The first kappa shape index (κ1) is 23.3. The van der Waals surface area contributed by atoms with Gasteiger partial charge in [-0.3, -0.25) is 9.58 Å². The number of nitrogens with zero attached hydrogens (tertiary/aromatic N) is 3. The Bertz CT molecular complexity index is 991. The van der Waals surface area contributed by atoms with Crippen molar-refractivity contribution in [3.8, 4) is 5.75 Å². The molecule has 0 fully saturated rings. The van der Waals surface area contributed by atoms with Gasteiger partial charge in [-0.1, -0.05) is 29.8 Å². The van der Waals surface area contributed by atoms with E-state index in [4.69, 9.17) is 21.4 Å². The van der Waals surface area contributed by atoms with Crippen LogP contribution in [0.4, 0.5) is 4.39 Å². The van der Waals surface area contributed by atoms with Crippen molar-refractivity contribution in [3.63, 3.8) is 0 Å². The van der Waals surface area contributed by atoms with Crippen molar-refractivity contribution in [2.24, 2.45) is 0 Å². The second-order valence-corrected chi connectivity index (χ2v) is 8.25. The molecule has 5 nitrogen and oxygen atoms in total. The lowest BCUT2D eigenvalue weighted by Crippen LogP contribution is -2.30. The highest BCUT2D eigenvalue weighted by Gasteiger charge is 2.16. The van der Waals surface area contributed by atoms with Crippen LogP contribution in [0.5, 0.6) is 5.75 Å². The van der Waals surface area contributed by atoms with E-state index in [0.29, 0.717) is 38.4 Å². The molecule has 3 aromatic rings. The second kappa shape index (κ2) is 10.8. The molecule has 1 heterocycles. The van der Waals surface area contributed by atoms with Gasteiger partial charge in [-0.05, 0) is 56.8 Å². The van der Waals surface area contributed by atoms with Crippen LogP contribution in [0, 0.1) is 19.7 Å². The summed E-state index contributed by atoms with van der Waals surface area (Å²) in [6.45, 7) is 6.27. The van der Waals surface area contributed by atoms with Gasteiger partial charge in [-0.25, -0.2) is 4.39 Å². The summed E-state index contributed by atoms with van der Waals surface area (Å²) in [6.07, 6.45) is -0.0323. The van der Waals surface area contributed by atoms with Gasteiger partial charge in [0, 0.05) is 35.8 Å². The first-order valence-electron chi connectivity index (χ1n) is 10.3. The molecule has 0 radical (unpaired) electrons. The SMILES string of the molecule is Cc1nn(Cc2ccccc2Cl)c(C)c1CN(C)CC(O)CCOc1ccc(F)cc1. The van der Waals surface area contributed by atoms with E-state index in [0.717, 1.165) is 27.5 Å². The smallest absolute Gasteiger partial charge is 0.123 e. The maximum Gasteiger partial charge on any atom is 0.123 e. The number of likely N-dealkylation sites (N-methyl/N-ethyl adjacent to an activating group) is 1. The van der Waals surface area contributed by atoms with Crippen LogP contribution in [0.15, 0.2) is 48.5 Å². The Morgan fingerprint density at radius 3 is 2.58 bits per heavy atom. The topological polar surface area (TPSA) is 50.5 Å². The van der Waals surface area contributed by atoms with Crippen LogP contribution in [0.3, 0.4) is 0 Å². The Balaban J connectivity index is 1.51. The number of rotatable bonds is 10. The summed E-state index contributed by atoms with van der Waals surface area (Å²) < 4.78 is 20.5. The number of aryl methyl sites for hydroxylation is 1. The molecule has 0 saturated heterocycles. The minimum Gasteiger partial charge on any atom is -0.493 e. The lowest BCUT2D eigenvalue weighted by molar-refractivity contribution is 0.0989. The summed E-state index contributed by atoms with van der Waals surface area (Å²) in [4.78, 5) is 2.08. The minimum absolute atomic E-state index is 0.296. The molecule has 3 rings (SSSR count). The molecule has 0 aliphatic carbocycles. The lowest BCUT2D eigenvalue weighted by atomic mass is 10.1. The number of hydrogen-bond acceptors (Lipinski definition) is 4. The van der Waals surface area contributed by atoms with Crippen LogP contribution in [-0.4, -0.2) is 46.1 Å². The summed E-state index contributed by atoms with van der Waals surface area (Å²) in [5.41, 5.74) is 4.26. The fourth-order valence-electron chi connectivity index (χ4n) is 3.53. The number of benzene rings is 2. The van der Waals surface area contributed by atoms with Crippen LogP contribution in [0.25, 0.3) is 0 Å². The number of hydrogen-bond donors (Lipinski definition) is 1. The molecule has 0 aliphatic heterocycles. The Labute approximate surface area is 188 Å². The van der Waals surface area contributed by atoms with Gasteiger partial charge in [0.15, 0.2) is 0 Å². The van der Waals surface area contributed by atoms with Crippen molar-refractivity contribution in [1.29, 1.82) is 0 Å². The number of halogens is 2. The third-order valence-electron chi connectivity index (χ3n) is 5.29. The molecule has 2 aromatic carbocycles. The normalized spacial score (nSPS) is 12.4. The van der Waals surface area contributed by atoms with Gasteiger partial charge in [-0.15, -0.1) is 0 Å². The van der Waals surface area contributed by atoms with Crippen LogP contribution < -0.4 is 4.74 Å². The number of ether oxygens (including phenoxy) is 1. The third-order valence-corrected chi connectivity index (χ3v) is 5.66. The maximum absolute atomic E-state index is 12.9. The van der Waals surface area contributed by atoms with Crippen molar-refractivity contribution in [1.82, 2.24) is 14.7 Å². The molecule has 1 unspecified atom stereocenters. The van der Waals surface area contributed by atoms with Gasteiger partial charge in [0.2, 0.25) is 0 Å². The second-order valence-electron chi connectivity index (χ2n) is 7.84. The van der Waals surface area contributed by atoms with Gasteiger partial charge < -0.3 is 9.84 Å². The zero-order valence-electron chi connectivity index (χ0n) is 18.2. The zero-order chi connectivity index (χ0) is 22.4. The Morgan fingerprint density at radius 1 is 1.16 bits per heavy atom. The Morgan fingerprint density at radius 2 is 1.87 bits per heavy atom. The summed E-state index contributed by atoms with van der Waals surface area (Å²) in [7, 11) is 1.98. The van der Waals surface area contributed by atoms with Gasteiger partial charge in [0.05, 0.1) is 24.9 Å². The highest BCUT2D eigenvalue weighted by atomic mass is 35.5. The fraction of sp³-hybridized carbons (Fsp3) is 0.375. The van der Waals surface area contributed by atoms with E-state index in [1.54, 1.807) is 12.1 Å². The largest absolute Gasteiger partial charge is 0.493 e. The Kier molecular flexibility index (Phi) is 8.07. The summed E-state index contributed by atoms with van der Waals surface area (Å²) in [5.74, 6) is 0.300. The highest BCUT2D eigenvalue weighted by molar-refractivity contribution is 6.31. The van der Waals surface area contributed by atoms with Crippen LogP contribution >= 0.6 is 11.6 Å². The number of aromatic nitrogens is 2. The van der Waals surface area contributed by atoms with Crippen LogP contribution in [-0.2, 0) is 13.1 Å². The van der Waals surface area contributed by atoms with Crippen molar-refractivity contribution in [2.75, 3.05) is 20.2 Å². The molecule has 1 atom stereocenters. The zero-order valence-corrected chi connectivity index (χ0v) is 18.9. The van der Waals surface area contributed by atoms with Crippen molar-refractivity contribution in [2.45, 2.75) is 39.5 Å². The molecule has 1 N–H and O–H groups in total. The number of aliphatic hydroxyl groups is 1. The van der Waals surface area contributed by atoms with Crippen molar-refractivity contribution >= 4 is 11.6 Å². The fourth-order valence-corrected chi connectivity index (χ4v) is 3.73. The average Bonchev–Trinajstić information content (AvgIpc) is 2.98. The van der Waals surface area contributed by atoms with E-state index in [1.165, 1.54) is 12.1 Å². The monoisotopic (exact) mass is 445 g/mol. The van der Waals surface area contributed by atoms with E-state index < -0.39 is 6.10 Å². The molecule has 7 heteroatoms. The Hall–Kier alpha value is -2.41. The summed E-state index contributed by atoms with van der Waals surface area (Å²) in [5, 5.41) is 15.8. The summed E-state index contributed by atoms with van der Waals surface area (Å²) in [6, 6.07) is 13.7. The minimum atomic E-state index is -0.524. The molecule has 0 amide bonds. The predicted octanol–water partition coefficient (Wildman–Crippen LogP) is 4.60. The van der Waals surface area contributed by atoms with Crippen LogP contribution in [0.2, 0.25) is 5.02 Å². The molecule has 0 aliphatic rings. The molecular weight excluding hydrogens is 417 g/mol. The first-order chi connectivity index (χ1) is 14.8. The van der Waals surface area contributed by atoms with Gasteiger partial charge in [0.1, 0.15) is 11.6 Å². The lowest BCUT2D eigenvalue weighted by Gasteiger charge is -2.21. The quantitative estimate of drug-likeness (QED) is 0.495. The van der Waals surface area contributed by atoms with E-state index >= 15 is 0 Å². The van der Waals surface area contributed by atoms with E-state index in [9.17, 15) is 9.50 Å². The van der Waals surface area contributed by atoms with E-state index in [2.05, 4.69) is 11.8 Å². The van der Waals surface area contributed by atoms with Gasteiger partial charge in [0.25, 0.3) is 0 Å². The molecule has 31 heavy (non-hydrogen) atoms. The van der Waals surface area contributed by atoms with Crippen LogP contribution in [0.1, 0.15) is 28.9 Å².